The molecule has 1 heteroatoms. The number of aryl methyl sites for hydroxylation is 1. The van der Waals surface area contributed by atoms with E-state index in [1.165, 1.54) is 23.1 Å². The number of ketones is 1. The van der Waals surface area contributed by atoms with Crippen LogP contribution in [0.15, 0.2) is 35.9 Å². The maximum Gasteiger partial charge on any atom is 0.156 e. The second-order valence-electron chi connectivity index (χ2n) is 7.27. The highest BCUT2D eigenvalue weighted by atomic mass is 16.1. The van der Waals surface area contributed by atoms with E-state index in [2.05, 4.69) is 58.9 Å². The highest BCUT2D eigenvalue weighted by Gasteiger charge is 2.15. The highest BCUT2D eigenvalue weighted by Crippen LogP contribution is 2.21. The van der Waals surface area contributed by atoms with Crippen molar-refractivity contribution in [1.29, 1.82) is 0 Å². The fraction of sp³-hybridized carbons (Fsp3) is 0.550. The number of unbranched alkanes of at least 4 members (excludes halogenated alkanes) is 1. The van der Waals surface area contributed by atoms with Gasteiger partial charge in [-0.05, 0) is 43.2 Å². The molecule has 1 nitrogen and oxygen atoms in total. The van der Waals surface area contributed by atoms with Crippen molar-refractivity contribution >= 4 is 5.78 Å². The Labute approximate surface area is 130 Å². The smallest absolute Gasteiger partial charge is 0.156 e. The van der Waals surface area contributed by atoms with Gasteiger partial charge in [0, 0.05) is 6.42 Å². The van der Waals surface area contributed by atoms with Crippen molar-refractivity contribution < 1.29 is 4.79 Å². The summed E-state index contributed by atoms with van der Waals surface area (Å²) in [6, 6.07) is 8.63. The Hall–Kier alpha value is -1.37. The summed E-state index contributed by atoms with van der Waals surface area (Å²) in [7, 11) is 0. The van der Waals surface area contributed by atoms with Gasteiger partial charge in [-0.1, -0.05) is 69.5 Å². The molecule has 0 N–H and O–H groups in total. The first-order valence-corrected chi connectivity index (χ1v) is 8.08. The number of hydrogen-bond donors (Lipinski definition) is 0. The number of carbonyl (C=O) groups is 1. The monoisotopic (exact) mass is 286 g/mol. The van der Waals surface area contributed by atoms with Gasteiger partial charge in [-0.2, -0.15) is 0 Å². The predicted octanol–water partition coefficient (Wildman–Crippen LogP) is 5.66. The van der Waals surface area contributed by atoms with Gasteiger partial charge in [0.05, 0.1) is 0 Å². The van der Waals surface area contributed by atoms with E-state index in [1.54, 1.807) is 0 Å². The summed E-state index contributed by atoms with van der Waals surface area (Å²) in [5.41, 5.74) is 3.91. The van der Waals surface area contributed by atoms with Gasteiger partial charge in [0.25, 0.3) is 0 Å². The van der Waals surface area contributed by atoms with Crippen LogP contribution >= 0.6 is 0 Å². The molecule has 0 saturated heterocycles. The molecule has 1 aromatic carbocycles. The minimum Gasteiger partial charge on any atom is -0.295 e. The van der Waals surface area contributed by atoms with Gasteiger partial charge in [-0.15, -0.1) is 0 Å². The quantitative estimate of drug-likeness (QED) is 0.591. The van der Waals surface area contributed by atoms with Crippen LogP contribution in [-0.2, 0) is 11.2 Å². The first kappa shape index (κ1) is 17.7. The lowest BCUT2D eigenvalue weighted by molar-refractivity contribution is -0.116. The second kappa shape index (κ2) is 8.17. The lowest BCUT2D eigenvalue weighted by Gasteiger charge is -2.16. The van der Waals surface area contributed by atoms with Crippen molar-refractivity contribution in [2.45, 2.75) is 66.7 Å². The van der Waals surface area contributed by atoms with Gasteiger partial charge in [-0.3, -0.25) is 4.79 Å². The first-order chi connectivity index (χ1) is 9.80. The van der Waals surface area contributed by atoms with E-state index >= 15 is 0 Å². The van der Waals surface area contributed by atoms with Crippen LogP contribution in [0.2, 0.25) is 0 Å². The summed E-state index contributed by atoms with van der Waals surface area (Å²) in [5, 5.41) is 0. The predicted molar refractivity (Wildman–Crippen MR) is 91.6 cm³/mol. The SMILES string of the molecule is CCCC/C(=C\C(=O)CC(C)(C)C)Cc1ccc(C)cc1. The summed E-state index contributed by atoms with van der Waals surface area (Å²) in [4.78, 5) is 12.2. The van der Waals surface area contributed by atoms with Gasteiger partial charge < -0.3 is 0 Å². The van der Waals surface area contributed by atoms with Crippen LogP contribution in [0, 0.1) is 12.3 Å². The molecule has 0 bridgehead atoms. The van der Waals surface area contributed by atoms with Crippen molar-refractivity contribution in [1.82, 2.24) is 0 Å². The van der Waals surface area contributed by atoms with Crippen molar-refractivity contribution in [2.75, 3.05) is 0 Å². The number of rotatable bonds is 7. The number of allylic oxidation sites excluding steroid dienone is 2. The molecule has 0 saturated carbocycles. The minimum absolute atomic E-state index is 0.0628. The molecule has 116 valence electrons. The number of hydrogen-bond acceptors (Lipinski definition) is 1. The normalized spacial score (nSPS) is 12.5. The molecule has 1 rings (SSSR count). The lowest BCUT2D eigenvalue weighted by atomic mass is 9.88. The van der Waals surface area contributed by atoms with Crippen LogP contribution in [-0.4, -0.2) is 5.78 Å². The van der Waals surface area contributed by atoms with E-state index in [-0.39, 0.29) is 11.2 Å². The van der Waals surface area contributed by atoms with E-state index in [1.807, 2.05) is 6.08 Å². The molecule has 0 heterocycles. The van der Waals surface area contributed by atoms with E-state index in [4.69, 9.17) is 0 Å². The Kier molecular flexibility index (Phi) is 6.87. The van der Waals surface area contributed by atoms with Gasteiger partial charge >= 0.3 is 0 Å². The third-order valence-electron chi connectivity index (χ3n) is 3.47. The van der Waals surface area contributed by atoms with Crippen molar-refractivity contribution in [3.05, 3.63) is 47.0 Å². The standard InChI is InChI=1S/C20H30O/c1-6-7-8-18(14-19(21)15-20(3,4)5)13-17-11-9-16(2)10-12-17/h9-12,14H,6-8,13,15H2,1-5H3/b18-14+. The largest absolute Gasteiger partial charge is 0.295 e. The third kappa shape index (κ3) is 7.84. The van der Waals surface area contributed by atoms with Crippen LogP contribution in [0.5, 0.6) is 0 Å². The zero-order chi connectivity index (χ0) is 15.9. The Morgan fingerprint density at radius 1 is 1.14 bits per heavy atom. The average Bonchev–Trinajstić information content (AvgIpc) is 2.36. The molecule has 21 heavy (non-hydrogen) atoms. The molecule has 0 atom stereocenters. The van der Waals surface area contributed by atoms with Gasteiger partial charge in [0.15, 0.2) is 5.78 Å². The average molecular weight is 286 g/mol. The first-order valence-electron chi connectivity index (χ1n) is 8.08. The van der Waals surface area contributed by atoms with Gasteiger partial charge in [-0.25, -0.2) is 0 Å². The molecule has 0 aliphatic carbocycles. The molecule has 0 radical (unpaired) electrons. The Bertz CT molecular complexity index is 472. The molecular formula is C20H30O. The van der Waals surface area contributed by atoms with E-state index in [9.17, 15) is 4.79 Å². The molecule has 0 unspecified atom stereocenters. The molecular weight excluding hydrogens is 256 g/mol. The number of carbonyl (C=O) groups excluding carboxylic acids is 1. The molecule has 0 fully saturated rings. The van der Waals surface area contributed by atoms with E-state index < -0.39 is 0 Å². The fourth-order valence-corrected chi connectivity index (χ4v) is 2.38. The van der Waals surface area contributed by atoms with Crippen molar-refractivity contribution in [3.8, 4) is 0 Å². The summed E-state index contributed by atoms with van der Waals surface area (Å²) < 4.78 is 0. The zero-order valence-corrected chi connectivity index (χ0v) is 14.3. The number of benzene rings is 1. The van der Waals surface area contributed by atoms with Crippen LogP contribution < -0.4 is 0 Å². The van der Waals surface area contributed by atoms with E-state index in [0.717, 1.165) is 19.3 Å². The fourth-order valence-electron chi connectivity index (χ4n) is 2.38. The summed E-state index contributed by atoms with van der Waals surface area (Å²) >= 11 is 0. The highest BCUT2D eigenvalue weighted by molar-refractivity contribution is 5.90. The molecule has 1 aromatic rings. The Morgan fingerprint density at radius 2 is 1.76 bits per heavy atom. The van der Waals surface area contributed by atoms with Crippen LogP contribution in [0.3, 0.4) is 0 Å². The van der Waals surface area contributed by atoms with E-state index in [0.29, 0.717) is 6.42 Å². The topological polar surface area (TPSA) is 17.1 Å². The maximum atomic E-state index is 12.2. The summed E-state index contributed by atoms with van der Waals surface area (Å²) in [5.74, 6) is 0.265. The molecule has 0 amide bonds. The van der Waals surface area contributed by atoms with Crippen LogP contribution in [0.25, 0.3) is 0 Å². The summed E-state index contributed by atoms with van der Waals surface area (Å²) in [6.45, 7) is 10.6. The molecule has 0 aliphatic rings. The van der Waals surface area contributed by atoms with Crippen molar-refractivity contribution in [2.24, 2.45) is 5.41 Å². The zero-order valence-electron chi connectivity index (χ0n) is 14.3. The minimum atomic E-state index is 0.0628. The third-order valence-corrected chi connectivity index (χ3v) is 3.47. The van der Waals surface area contributed by atoms with Gasteiger partial charge in [0.2, 0.25) is 0 Å². The maximum absolute atomic E-state index is 12.2. The Morgan fingerprint density at radius 3 is 2.29 bits per heavy atom. The van der Waals surface area contributed by atoms with Crippen molar-refractivity contribution in [3.63, 3.8) is 0 Å². The summed E-state index contributed by atoms with van der Waals surface area (Å²) in [6.07, 6.45) is 6.77. The second-order valence-corrected chi connectivity index (χ2v) is 7.27. The molecule has 0 spiro atoms. The van der Waals surface area contributed by atoms with Crippen LogP contribution in [0.1, 0.15) is 64.5 Å². The molecule has 0 aromatic heterocycles. The van der Waals surface area contributed by atoms with Gasteiger partial charge in [0.1, 0.15) is 0 Å². The van der Waals surface area contributed by atoms with Crippen LogP contribution in [0.4, 0.5) is 0 Å². The molecule has 0 aliphatic heterocycles. The lowest BCUT2D eigenvalue weighted by Crippen LogP contribution is -2.11. The Balaban J connectivity index is 2.79.